The normalized spacial score (nSPS) is 10.9. The second-order valence-corrected chi connectivity index (χ2v) is 9.05. The van der Waals surface area contributed by atoms with Gasteiger partial charge in [-0.25, -0.2) is 8.42 Å². The molecule has 3 aromatic carbocycles. The summed E-state index contributed by atoms with van der Waals surface area (Å²) < 4.78 is 29.6. The Morgan fingerprint density at radius 1 is 0.867 bits per heavy atom. The van der Waals surface area contributed by atoms with Crippen molar-refractivity contribution in [3.8, 4) is 22.9 Å². The third-order valence-electron chi connectivity index (χ3n) is 4.53. The molecule has 3 aromatic rings. The number of hydrogen-bond acceptors (Lipinski definition) is 5. The number of rotatable bonds is 8. The molecule has 5 nitrogen and oxygen atoms in total. The summed E-state index contributed by atoms with van der Waals surface area (Å²) in [5, 5.41) is 8.86. The number of benzene rings is 3. The minimum absolute atomic E-state index is 0.0609. The predicted molar refractivity (Wildman–Crippen MR) is 116 cm³/mol. The molecule has 0 spiro atoms. The van der Waals surface area contributed by atoms with Crippen molar-refractivity contribution in [3.05, 3.63) is 90.0 Å². The third-order valence-corrected chi connectivity index (χ3v) is 6.12. The van der Waals surface area contributed by atoms with Crippen LogP contribution in [0.3, 0.4) is 0 Å². The number of sulfone groups is 1. The van der Waals surface area contributed by atoms with Crippen molar-refractivity contribution in [3.63, 3.8) is 0 Å². The van der Waals surface area contributed by atoms with E-state index in [9.17, 15) is 13.2 Å². The van der Waals surface area contributed by atoms with Gasteiger partial charge in [-0.15, -0.1) is 0 Å². The lowest BCUT2D eigenvalue weighted by Crippen LogP contribution is -2.23. The van der Waals surface area contributed by atoms with E-state index in [0.717, 1.165) is 16.7 Å². The Kier molecular flexibility index (Phi) is 6.99. The van der Waals surface area contributed by atoms with Crippen molar-refractivity contribution in [2.75, 3.05) is 11.5 Å². The summed E-state index contributed by atoms with van der Waals surface area (Å²) in [7, 11) is -3.53. The van der Waals surface area contributed by atoms with Crippen LogP contribution in [0.5, 0.6) is 5.75 Å². The molecule has 0 fully saturated rings. The lowest BCUT2D eigenvalue weighted by Gasteiger charge is -2.07. The molecule has 0 aliphatic heterocycles. The van der Waals surface area contributed by atoms with E-state index in [4.69, 9.17) is 10.00 Å². The Morgan fingerprint density at radius 3 is 2.07 bits per heavy atom. The lowest BCUT2D eigenvalue weighted by molar-refractivity contribution is -0.131. The second-order valence-electron chi connectivity index (χ2n) is 6.87. The van der Waals surface area contributed by atoms with Crippen LogP contribution in [0.4, 0.5) is 0 Å². The van der Waals surface area contributed by atoms with Crippen molar-refractivity contribution in [1.29, 1.82) is 5.26 Å². The predicted octanol–water partition coefficient (Wildman–Crippen LogP) is 4.18. The van der Waals surface area contributed by atoms with Gasteiger partial charge in [-0.1, -0.05) is 54.6 Å². The van der Waals surface area contributed by atoms with Gasteiger partial charge in [0.05, 0.1) is 17.4 Å². The summed E-state index contributed by atoms with van der Waals surface area (Å²) >= 11 is 0. The van der Waals surface area contributed by atoms with Gasteiger partial charge in [-0.05, 0) is 53.8 Å². The van der Waals surface area contributed by atoms with Crippen molar-refractivity contribution >= 4 is 15.8 Å². The maximum Gasteiger partial charge on any atom is 0.326 e. The van der Waals surface area contributed by atoms with E-state index < -0.39 is 21.6 Å². The van der Waals surface area contributed by atoms with Gasteiger partial charge in [0, 0.05) is 0 Å². The van der Waals surface area contributed by atoms with Gasteiger partial charge in [-0.3, -0.25) is 4.79 Å². The maximum absolute atomic E-state index is 12.2. The van der Waals surface area contributed by atoms with Crippen molar-refractivity contribution in [2.45, 2.75) is 12.8 Å². The number of carbonyl (C=O) groups excluding carboxylic acids is 1. The average molecular weight is 420 g/mol. The van der Waals surface area contributed by atoms with Gasteiger partial charge < -0.3 is 4.74 Å². The first-order chi connectivity index (χ1) is 14.4. The van der Waals surface area contributed by atoms with Gasteiger partial charge in [0.25, 0.3) is 0 Å². The number of hydrogen-bond donors (Lipinski definition) is 0. The molecule has 0 heterocycles. The Hall–Kier alpha value is -3.43. The standard InChI is InChI=1S/C24H21NO4S/c25-17-20-8-10-21(11-9-20)22-12-14-23(15-13-22)29-24(26)18-30(27,28)16-4-7-19-5-2-1-3-6-19/h1-3,5-6,8-15H,4,7,16,18H2. The highest BCUT2D eigenvalue weighted by atomic mass is 32.2. The van der Waals surface area contributed by atoms with E-state index in [1.165, 1.54) is 0 Å². The van der Waals surface area contributed by atoms with E-state index >= 15 is 0 Å². The molecule has 0 N–H and O–H groups in total. The van der Waals surface area contributed by atoms with E-state index in [2.05, 4.69) is 6.07 Å². The molecular formula is C24H21NO4S. The largest absolute Gasteiger partial charge is 0.426 e. The SMILES string of the molecule is N#Cc1ccc(-c2ccc(OC(=O)CS(=O)(=O)CCCc3ccccc3)cc2)cc1. The first-order valence-electron chi connectivity index (χ1n) is 9.51. The molecule has 6 heteroatoms. The highest BCUT2D eigenvalue weighted by Gasteiger charge is 2.18. The van der Waals surface area contributed by atoms with Crippen LogP contribution in [0, 0.1) is 11.3 Å². The number of ether oxygens (including phenoxy) is 1. The van der Waals surface area contributed by atoms with Crippen molar-refractivity contribution in [2.24, 2.45) is 0 Å². The van der Waals surface area contributed by atoms with E-state index in [0.29, 0.717) is 18.4 Å². The van der Waals surface area contributed by atoms with E-state index in [-0.39, 0.29) is 11.5 Å². The lowest BCUT2D eigenvalue weighted by atomic mass is 10.0. The van der Waals surface area contributed by atoms with Gasteiger partial charge >= 0.3 is 5.97 Å². The van der Waals surface area contributed by atoms with Crippen LogP contribution in [-0.2, 0) is 21.1 Å². The summed E-state index contributed by atoms with van der Waals surface area (Å²) in [4.78, 5) is 12.1. The average Bonchev–Trinajstić information content (AvgIpc) is 2.74. The molecule has 152 valence electrons. The molecule has 30 heavy (non-hydrogen) atoms. The Labute approximate surface area is 176 Å². The molecule has 0 atom stereocenters. The topological polar surface area (TPSA) is 84.2 Å². The highest BCUT2D eigenvalue weighted by molar-refractivity contribution is 7.92. The third kappa shape index (κ3) is 6.29. The molecule has 0 aromatic heterocycles. The van der Waals surface area contributed by atoms with Crippen LogP contribution in [-0.4, -0.2) is 25.9 Å². The molecule has 0 amide bonds. The first kappa shape index (κ1) is 21.3. The molecule has 0 bridgehead atoms. The Bertz CT molecular complexity index is 1130. The summed E-state index contributed by atoms with van der Waals surface area (Å²) in [5.74, 6) is -1.20. The van der Waals surface area contributed by atoms with Crippen molar-refractivity contribution in [1.82, 2.24) is 0 Å². The molecule has 0 saturated heterocycles. The molecule has 0 saturated carbocycles. The summed E-state index contributed by atoms with van der Waals surface area (Å²) in [6.45, 7) is 0. The molecule has 0 aliphatic carbocycles. The van der Waals surface area contributed by atoms with Crippen LogP contribution in [0.1, 0.15) is 17.5 Å². The van der Waals surface area contributed by atoms with E-state index in [1.807, 2.05) is 42.5 Å². The second kappa shape index (κ2) is 9.86. The molecular weight excluding hydrogens is 398 g/mol. The van der Waals surface area contributed by atoms with Gasteiger partial charge in [0.2, 0.25) is 0 Å². The van der Waals surface area contributed by atoms with Crippen LogP contribution >= 0.6 is 0 Å². The van der Waals surface area contributed by atoms with E-state index in [1.54, 1.807) is 36.4 Å². The van der Waals surface area contributed by atoms with Crippen LogP contribution in [0.25, 0.3) is 11.1 Å². The fourth-order valence-electron chi connectivity index (χ4n) is 3.01. The number of carbonyl (C=O) groups is 1. The zero-order valence-corrected chi connectivity index (χ0v) is 17.1. The van der Waals surface area contributed by atoms with Crippen LogP contribution in [0.2, 0.25) is 0 Å². The Morgan fingerprint density at radius 2 is 1.47 bits per heavy atom. The molecule has 3 rings (SSSR count). The monoisotopic (exact) mass is 419 g/mol. The number of nitrogens with zero attached hydrogens (tertiary/aromatic N) is 1. The van der Waals surface area contributed by atoms with Crippen molar-refractivity contribution < 1.29 is 17.9 Å². The van der Waals surface area contributed by atoms with Gasteiger partial charge in [0.15, 0.2) is 9.84 Å². The molecule has 0 aliphatic rings. The zero-order chi connectivity index (χ0) is 21.4. The summed E-state index contributed by atoms with van der Waals surface area (Å²) in [6, 6.07) is 25.6. The minimum Gasteiger partial charge on any atom is -0.426 e. The number of nitriles is 1. The summed E-state index contributed by atoms with van der Waals surface area (Å²) in [6.07, 6.45) is 1.10. The molecule has 0 unspecified atom stereocenters. The Balaban J connectivity index is 1.51. The summed E-state index contributed by atoms with van der Waals surface area (Å²) in [5.41, 5.74) is 3.47. The van der Waals surface area contributed by atoms with Crippen LogP contribution < -0.4 is 4.74 Å². The number of esters is 1. The zero-order valence-electron chi connectivity index (χ0n) is 16.3. The maximum atomic E-state index is 12.2. The van der Waals surface area contributed by atoms with Gasteiger partial charge in [0.1, 0.15) is 11.5 Å². The first-order valence-corrected chi connectivity index (χ1v) is 11.3. The van der Waals surface area contributed by atoms with Crippen LogP contribution in [0.15, 0.2) is 78.9 Å². The highest BCUT2D eigenvalue weighted by Crippen LogP contribution is 2.23. The number of aryl methyl sites for hydroxylation is 1. The fourth-order valence-corrected chi connectivity index (χ4v) is 4.15. The fraction of sp³-hybridized carbons (Fsp3) is 0.167. The smallest absolute Gasteiger partial charge is 0.326 e. The van der Waals surface area contributed by atoms with Gasteiger partial charge in [-0.2, -0.15) is 5.26 Å². The minimum atomic E-state index is -3.53. The quantitative estimate of drug-likeness (QED) is 0.404. The molecule has 0 radical (unpaired) electrons.